The molecule has 106 valence electrons. The van der Waals surface area contributed by atoms with Crippen molar-refractivity contribution < 1.29 is 19.4 Å². The zero-order chi connectivity index (χ0) is 15.1. The van der Waals surface area contributed by atoms with Gasteiger partial charge in [0.05, 0.1) is 11.5 Å². The van der Waals surface area contributed by atoms with Gasteiger partial charge in [-0.25, -0.2) is 0 Å². The molecular weight excluding hydrogens is 260 g/mol. The van der Waals surface area contributed by atoms with Gasteiger partial charge in [0, 0.05) is 6.54 Å². The van der Waals surface area contributed by atoms with Gasteiger partial charge in [-0.05, 0) is 19.1 Å². The molecule has 0 heterocycles. The van der Waals surface area contributed by atoms with E-state index in [1.165, 1.54) is 13.8 Å². The van der Waals surface area contributed by atoms with E-state index in [9.17, 15) is 9.59 Å². The Labute approximate surface area is 117 Å². The van der Waals surface area contributed by atoms with Crippen LogP contribution >= 0.6 is 0 Å². The minimum atomic E-state index is -0.978. The normalized spacial score (nSPS) is 12.8. The van der Waals surface area contributed by atoms with Crippen molar-refractivity contribution in [2.75, 3.05) is 6.54 Å². The molecule has 0 fully saturated rings. The number of hydrogen-bond donors (Lipinski definition) is 2. The van der Waals surface area contributed by atoms with Crippen LogP contribution in [-0.4, -0.2) is 29.6 Å². The second-order valence-electron chi connectivity index (χ2n) is 4.35. The predicted molar refractivity (Wildman–Crippen MR) is 71.1 cm³/mol. The van der Waals surface area contributed by atoms with Crippen LogP contribution in [0.1, 0.15) is 19.4 Å². The maximum absolute atomic E-state index is 11.8. The average Bonchev–Trinajstić information content (AvgIpc) is 2.44. The van der Waals surface area contributed by atoms with Gasteiger partial charge in [0.1, 0.15) is 11.8 Å². The predicted octanol–water partition coefficient (Wildman–Crippen LogP) is 1.16. The number of carboxylic acids is 1. The van der Waals surface area contributed by atoms with E-state index in [1.54, 1.807) is 24.3 Å². The van der Waals surface area contributed by atoms with Gasteiger partial charge in [-0.2, -0.15) is 5.26 Å². The molecule has 1 aromatic carbocycles. The second-order valence-corrected chi connectivity index (χ2v) is 4.35. The summed E-state index contributed by atoms with van der Waals surface area (Å²) in [5.41, 5.74) is 0.339. The fourth-order valence-corrected chi connectivity index (χ4v) is 1.39. The summed E-state index contributed by atoms with van der Waals surface area (Å²) in [7, 11) is 0. The molecule has 0 radical (unpaired) electrons. The molecule has 2 N–H and O–H groups in total. The summed E-state index contributed by atoms with van der Waals surface area (Å²) in [6.45, 7) is 3.07. The Hall–Kier alpha value is -2.55. The number of carbonyl (C=O) groups excluding carboxylic acids is 1. The zero-order valence-electron chi connectivity index (χ0n) is 11.3. The first-order valence-electron chi connectivity index (χ1n) is 6.12. The molecule has 6 heteroatoms. The topological polar surface area (TPSA) is 99.4 Å². The first kappa shape index (κ1) is 15.5. The summed E-state index contributed by atoms with van der Waals surface area (Å²) in [6.07, 6.45) is -0.814. The van der Waals surface area contributed by atoms with Gasteiger partial charge in [-0.1, -0.05) is 19.1 Å². The molecule has 0 saturated heterocycles. The summed E-state index contributed by atoms with van der Waals surface area (Å²) in [5.74, 6) is -1.75. The molecule has 0 aliphatic carbocycles. The summed E-state index contributed by atoms with van der Waals surface area (Å²) >= 11 is 0. The Kier molecular flexibility index (Phi) is 5.54. The Morgan fingerprint density at radius 3 is 2.65 bits per heavy atom. The lowest BCUT2D eigenvalue weighted by molar-refractivity contribution is -0.141. The van der Waals surface area contributed by atoms with Gasteiger partial charge in [0.2, 0.25) is 0 Å². The van der Waals surface area contributed by atoms with E-state index in [0.29, 0.717) is 11.3 Å². The highest BCUT2D eigenvalue weighted by molar-refractivity contribution is 5.81. The fraction of sp³-hybridized carbons (Fsp3) is 0.357. The van der Waals surface area contributed by atoms with Gasteiger partial charge in [0.25, 0.3) is 5.91 Å². The monoisotopic (exact) mass is 276 g/mol. The van der Waals surface area contributed by atoms with Crippen LogP contribution < -0.4 is 10.1 Å². The molecule has 0 aromatic heterocycles. The smallest absolute Gasteiger partial charge is 0.308 e. The summed E-state index contributed by atoms with van der Waals surface area (Å²) in [4.78, 5) is 22.4. The van der Waals surface area contributed by atoms with Crippen LogP contribution in [0.15, 0.2) is 24.3 Å². The summed E-state index contributed by atoms with van der Waals surface area (Å²) < 4.78 is 5.41. The molecule has 0 spiro atoms. The third-order valence-corrected chi connectivity index (χ3v) is 2.68. The van der Waals surface area contributed by atoms with Crippen LogP contribution in [0.5, 0.6) is 5.75 Å². The van der Waals surface area contributed by atoms with Gasteiger partial charge < -0.3 is 15.2 Å². The van der Waals surface area contributed by atoms with Crippen LogP contribution in [-0.2, 0) is 9.59 Å². The number of nitrogens with zero attached hydrogens (tertiary/aromatic N) is 1. The molecular formula is C14H16N2O4. The van der Waals surface area contributed by atoms with Crippen molar-refractivity contribution >= 4 is 11.9 Å². The number of rotatable bonds is 6. The highest BCUT2D eigenvalue weighted by Crippen LogP contribution is 2.18. The third-order valence-electron chi connectivity index (χ3n) is 2.68. The van der Waals surface area contributed by atoms with Gasteiger partial charge in [-0.3, -0.25) is 9.59 Å². The standard InChI is InChI=1S/C14H16N2O4/c1-9(14(18)19)8-16-13(17)10(2)20-12-6-4-3-5-11(12)7-15/h3-6,9-10H,8H2,1-2H3,(H,16,17)(H,18,19). The maximum Gasteiger partial charge on any atom is 0.308 e. The number of para-hydroxylation sites is 1. The number of carboxylic acid groups (broad SMARTS) is 1. The highest BCUT2D eigenvalue weighted by atomic mass is 16.5. The van der Waals surface area contributed by atoms with E-state index in [2.05, 4.69) is 5.32 Å². The number of nitriles is 1. The number of ether oxygens (including phenoxy) is 1. The molecule has 1 amide bonds. The SMILES string of the molecule is CC(CNC(=O)C(C)Oc1ccccc1C#N)C(=O)O. The lowest BCUT2D eigenvalue weighted by Gasteiger charge is -2.16. The molecule has 0 bridgehead atoms. The van der Waals surface area contributed by atoms with Crippen LogP contribution in [0, 0.1) is 17.2 Å². The minimum Gasteiger partial charge on any atom is -0.481 e. The largest absolute Gasteiger partial charge is 0.481 e. The van der Waals surface area contributed by atoms with Crippen LogP contribution in [0.2, 0.25) is 0 Å². The van der Waals surface area contributed by atoms with E-state index >= 15 is 0 Å². The molecule has 2 unspecified atom stereocenters. The average molecular weight is 276 g/mol. The van der Waals surface area contributed by atoms with Crippen molar-refractivity contribution in [3.8, 4) is 11.8 Å². The minimum absolute atomic E-state index is 0.0295. The number of carbonyl (C=O) groups is 2. The van der Waals surface area contributed by atoms with Crippen molar-refractivity contribution in [1.29, 1.82) is 5.26 Å². The lowest BCUT2D eigenvalue weighted by atomic mass is 10.2. The molecule has 2 atom stereocenters. The fourth-order valence-electron chi connectivity index (χ4n) is 1.39. The maximum atomic E-state index is 11.8. The molecule has 20 heavy (non-hydrogen) atoms. The van der Waals surface area contributed by atoms with Crippen LogP contribution in [0.25, 0.3) is 0 Å². The quantitative estimate of drug-likeness (QED) is 0.812. The van der Waals surface area contributed by atoms with Crippen molar-refractivity contribution in [3.63, 3.8) is 0 Å². The van der Waals surface area contributed by atoms with E-state index in [4.69, 9.17) is 15.1 Å². The van der Waals surface area contributed by atoms with E-state index in [0.717, 1.165) is 0 Å². The third kappa shape index (κ3) is 4.28. The molecule has 1 rings (SSSR count). The van der Waals surface area contributed by atoms with Crippen LogP contribution in [0.4, 0.5) is 0 Å². The molecule has 0 aliphatic rings. The van der Waals surface area contributed by atoms with Crippen molar-refractivity contribution in [3.05, 3.63) is 29.8 Å². The van der Waals surface area contributed by atoms with Crippen molar-refractivity contribution in [2.24, 2.45) is 5.92 Å². The first-order chi connectivity index (χ1) is 9.45. The van der Waals surface area contributed by atoms with Gasteiger partial charge in [-0.15, -0.1) is 0 Å². The Morgan fingerprint density at radius 1 is 1.40 bits per heavy atom. The summed E-state index contributed by atoms with van der Waals surface area (Å²) in [6, 6.07) is 8.56. The number of hydrogen-bond acceptors (Lipinski definition) is 4. The van der Waals surface area contributed by atoms with Crippen molar-refractivity contribution in [2.45, 2.75) is 20.0 Å². The van der Waals surface area contributed by atoms with Crippen molar-refractivity contribution in [1.82, 2.24) is 5.32 Å². The number of benzene rings is 1. The number of aliphatic carboxylic acids is 1. The Bertz CT molecular complexity index is 536. The Morgan fingerprint density at radius 2 is 2.05 bits per heavy atom. The van der Waals surface area contributed by atoms with E-state index in [-0.39, 0.29) is 6.54 Å². The second kappa shape index (κ2) is 7.14. The molecule has 0 saturated carbocycles. The molecule has 0 aliphatic heterocycles. The highest BCUT2D eigenvalue weighted by Gasteiger charge is 2.18. The number of nitrogens with one attached hydrogen (secondary N) is 1. The molecule has 1 aromatic rings. The first-order valence-corrected chi connectivity index (χ1v) is 6.12. The lowest BCUT2D eigenvalue weighted by Crippen LogP contribution is -2.39. The molecule has 6 nitrogen and oxygen atoms in total. The zero-order valence-corrected chi connectivity index (χ0v) is 11.3. The van der Waals surface area contributed by atoms with Gasteiger partial charge >= 0.3 is 5.97 Å². The van der Waals surface area contributed by atoms with Crippen LogP contribution in [0.3, 0.4) is 0 Å². The Balaban J connectivity index is 2.58. The van der Waals surface area contributed by atoms with Gasteiger partial charge in [0.15, 0.2) is 6.10 Å². The van der Waals surface area contributed by atoms with E-state index < -0.39 is 23.9 Å². The van der Waals surface area contributed by atoms with E-state index in [1.807, 2.05) is 6.07 Å². The number of amides is 1. The summed E-state index contributed by atoms with van der Waals surface area (Å²) in [5, 5.41) is 20.1.